The van der Waals surface area contributed by atoms with E-state index in [2.05, 4.69) is 4.74 Å². The Labute approximate surface area is 180 Å². The van der Waals surface area contributed by atoms with Crippen molar-refractivity contribution in [1.29, 1.82) is 0 Å². The highest BCUT2D eigenvalue weighted by Crippen LogP contribution is 2.30. The van der Waals surface area contributed by atoms with Crippen LogP contribution in [0.5, 0.6) is 0 Å². The van der Waals surface area contributed by atoms with Crippen LogP contribution in [0.2, 0.25) is 0 Å². The largest absolute Gasteiger partial charge is 0.477 e. The molecule has 0 unspecified atom stereocenters. The number of carboxylic acids is 1. The number of ketones is 2. The smallest absolute Gasteiger partial charge is 0.381 e. The number of Topliss-reactive ketones (excluding diaryl/α,β-unsaturated/α-hetero) is 2. The van der Waals surface area contributed by atoms with Gasteiger partial charge in [0.15, 0.2) is 11.6 Å². The second kappa shape index (κ2) is 10.7. The molecule has 0 radical (unpaired) electrons. The van der Waals surface area contributed by atoms with Gasteiger partial charge < -0.3 is 9.84 Å². The Morgan fingerprint density at radius 2 is 1.09 bits per heavy atom. The average molecular weight is 456 g/mol. The van der Waals surface area contributed by atoms with Crippen LogP contribution in [0.3, 0.4) is 0 Å². The predicted molar refractivity (Wildman–Crippen MR) is 105 cm³/mol. The van der Waals surface area contributed by atoms with Crippen LogP contribution in [-0.4, -0.2) is 35.2 Å². The van der Waals surface area contributed by atoms with E-state index in [0.29, 0.717) is 5.56 Å². The van der Waals surface area contributed by atoms with Crippen LogP contribution in [0.15, 0.2) is 48.5 Å². The van der Waals surface area contributed by atoms with Gasteiger partial charge in [0, 0.05) is 22.3 Å². The fourth-order valence-electron chi connectivity index (χ4n) is 2.29. The highest BCUT2D eigenvalue weighted by Gasteiger charge is 2.42. The molecule has 1 N–H and O–H groups in total. The average Bonchev–Trinajstić information content (AvgIpc) is 2.74. The molecule has 0 saturated carbocycles. The maximum Gasteiger partial charge on any atom is 0.381 e. The van der Waals surface area contributed by atoms with Gasteiger partial charge in [-0.15, -0.1) is 0 Å². The maximum atomic E-state index is 13.5. The molecule has 2 aromatic rings. The van der Waals surface area contributed by atoms with E-state index in [0.717, 1.165) is 24.3 Å². The monoisotopic (exact) mass is 456 g/mol. The summed E-state index contributed by atoms with van der Waals surface area (Å²) in [5.41, 5.74) is -0.547. The van der Waals surface area contributed by atoms with Gasteiger partial charge in [-0.3, -0.25) is 9.59 Å². The number of halogens is 4. The van der Waals surface area contributed by atoms with Gasteiger partial charge in [0.2, 0.25) is 0 Å². The van der Waals surface area contributed by atoms with Gasteiger partial charge in [-0.25, -0.2) is 9.59 Å². The third-order valence-corrected chi connectivity index (χ3v) is 4.11. The zero-order valence-electron chi connectivity index (χ0n) is 17.3. The maximum absolute atomic E-state index is 13.5. The molecule has 2 aromatic carbocycles. The van der Waals surface area contributed by atoms with Crippen LogP contribution < -0.4 is 0 Å². The number of carboxylic acid groups (broad SMARTS) is 1. The SMILES string of the molecule is CC(=O)c1ccc(C(F)(F)C(=O)O)cc1.CCOC(=O)C(F)(F)c1ccc(C(C)=O)cc1. The molecule has 172 valence electrons. The topological polar surface area (TPSA) is 97.7 Å². The Hall–Kier alpha value is -3.56. The molecule has 0 spiro atoms. The van der Waals surface area contributed by atoms with Gasteiger partial charge in [0.05, 0.1) is 6.61 Å². The molecule has 0 atom stereocenters. The van der Waals surface area contributed by atoms with E-state index < -0.39 is 34.9 Å². The minimum Gasteiger partial charge on any atom is -0.477 e. The Bertz CT molecular complexity index is 982. The summed E-state index contributed by atoms with van der Waals surface area (Å²) in [6.07, 6.45) is 0. The number of hydrogen-bond donors (Lipinski definition) is 1. The quantitative estimate of drug-likeness (QED) is 0.371. The van der Waals surface area contributed by atoms with Crippen molar-refractivity contribution >= 4 is 23.5 Å². The molecule has 0 saturated heterocycles. The molecule has 0 aliphatic carbocycles. The molecule has 6 nitrogen and oxygen atoms in total. The van der Waals surface area contributed by atoms with Crippen LogP contribution in [0.1, 0.15) is 52.6 Å². The van der Waals surface area contributed by atoms with Gasteiger partial charge in [-0.05, 0) is 20.8 Å². The fourth-order valence-corrected chi connectivity index (χ4v) is 2.29. The van der Waals surface area contributed by atoms with E-state index in [-0.39, 0.29) is 23.7 Å². The number of ether oxygens (including phenoxy) is 1. The predicted octanol–water partition coefficient (Wildman–Crippen LogP) is 4.61. The van der Waals surface area contributed by atoms with Gasteiger partial charge in [0.25, 0.3) is 0 Å². The number of alkyl halides is 4. The number of carbonyl (C=O) groups is 4. The summed E-state index contributed by atoms with van der Waals surface area (Å²) in [6.45, 7) is 3.97. The first-order valence-electron chi connectivity index (χ1n) is 9.14. The molecule has 2 rings (SSSR count). The van der Waals surface area contributed by atoms with Crippen LogP contribution >= 0.6 is 0 Å². The van der Waals surface area contributed by atoms with Crippen molar-refractivity contribution in [3.63, 3.8) is 0 Å². The van der Waals surface area contributed by atoms with Crippen molar-refractivity contribution in [1.82, 2.24) is 0 Å². The number of esters is 1. The minimum absolute atomic E-state index is 0.111. The van der Waals surface area contributed by atoms with E-state index in [1.54, 1.807) is 0 Å². The summed E-state index contributed by atoms with van der Waals surface area (Å²) in [5.74, 6) is -11.9. The lowest BCUT2D eigenvalue weighted by atomic mass is 10.0. The van der Waals surface area contributed by atoms with E-state index in [1.807, 2.05) is 0 Å². The Morgan fingerprint density at radius 3 is 1.38 bits per heavy atom. The van der Waals surface area contributed by atoms with Gasteiger partial charge in [0.1, 0.15) is 0 Å². The highest BCUT2D eigenvalue weighted by molar-refractivity contribution is 5.94. The standard InChI is InChI=1S/C12H12F2O3.C10H8F2O3/c1-3-17-11(16)12(13,14)10-6-4-9(5-7-10)8(2)15;1-6(13)7-2-4-8(5-3-7)10(11,12)9(14)15/h4-7H,3H2,1-2H3;2-5H,1H3,(H,14,15). The van der Waals surface area contributed by atoms with E-state index >= 15 is 0 Å². The lowest BCUT2D eigenvalue weighted by molar-refractivity contribution is -0.173. The summed E-state index contributed by atoms with van der Waals surface area (Å²) in [6, 6.07) is 8.83. The van der Waals surface area contributed by atoms with Gasteiger partial charge >= 0.3 is 23.8 Å². The lowest BCUT2D eigenvalue weighted by Crippen LogP contribution is -2.28. The van der Waals surface area contributed by atoms with Crippen LogP contribution in [-0.2, 0) is 26.2 Å². The summed E-state index contributed by atoms with van der Waals surface area (Å²) in [7, 11) is 0. The third-order valence-electron chi connectivity index (χ3n) is 4.11. The van der Waals surface area contributed by atoms with Crippen LogP contribution in [0.25, 0.3) is 0 Å². The van der Waals surface area contributed by atoms with Crippen LogP contribution in [0.4, 0.5) is 17.6 Å². The van der Waals surface area contributed by atoms with Crippen molar-refractivity contribution in [2.45, 2.75) is 32.6 Å². The molecular formula is C22H20F4O6. The second-order valence-corrected chi connectivity index (χ2v) is 6.44. The molecule has 0 fully saturated rings. The third kappa shape index (κ3) is 6.47. The summed E-state index contributed by atoms with van der Waals surface area (Å²) in [5, 5.41) is 8.26. The molecule has 0 aliphatic heterocycles. The molecule has 0 aromatic heterocycles. The number of benzene rings is 2. The number of aliphatic carboxylic acids is 1. The second-order valence-electron chi connectivity index (χ2n) is 6.44. The molecule has 32 heavy (non-hydrogen) atoms. The van der Waals surface area contributed by atoms with Gasteiger partial charge in [-0.1, -0.05) is 48.5 Å². The van der Waals surface area contributed by atoms with Crippen molar-refractivity contribution in [3.8, 4) is 0 Å². The minimum atomic E-state index is -3.92. The Kier molecular flexibility index (Phi) is 8.81. The van der Waals surface area contributed by atoms with E-state index in [4.69, 9.17) is 5.11 Å². The summed E-state index contributed by atoms with van der Waals surface area (Å²) < 4.78 is 57.2. The first-order chi connectivity index (χ1) is 14.7. The van der Waals surface area contributed by atoms with Crippen molar-refractivity contribution in [3.05, 3.63) is 70.8 Å². The van der Waals surface area contributed by atoms with Crippen molar-refractivity contribution in [2.75, 3.05) is 6.61 Å². The number of hydrogen-bond acceptors (Lipinski definition) is 5. The van der Waals surface area contributed by atoms with Crippen molar-refractivity contribution < 1.29 is 46.6 Å². The molecule has 0 bridgehead atoms. The van der Waals surface area contributed by atoms with E-state index in [9.17, 15) is 36.7 Å². The van der Waals surface area contributed by atoms with Gasteiger partial charge in [-0.2, -0.15) is 17.6 Å². The zero-order valence-corrected chi connectivity index (χ0v) is 17.3. The molecule has 0 heterocycles. The zero-order chi connectivity index (χ0) is 24.7. The fraction of sp³-hybridized carbons (Fsp3) is 0.273. The Balaban J connectivity index is 0.000000323. The first-order valence-corrected chi connectivity index (χ1v) is 9.14. The lowest BCUT2D eigenvalue weighted by Gasteiger charge is -2.14. The number of carbonyl (C=O) groups excluding carboxylic acids is 3. The molecular weight excluding hydrogens is 436 g/mol. The molecule has 10 heteroatoms. The molecule has 0 amide bonds. The van der Waals surface area contributed by atoms with Crippen molar-refractivity contribution in [2.24, 2.45) is 0 Å². The normalized spacial score (nSPS) is 11.1. The highest BCUT2D eigenvalue weighted by atomic mass is 19.3. The first kappa shape index (κ1) is 26.5. The Morgan fingerprint density at radius 1 is 0.750 bits per heavy atom. The molecule has 0 aliphatic rings. The van der Waals surface area contributed by atoms with E-state index in [1.165, 1.54) is 45.0 Å². The van der Waals surface area contributed by atoms with Crippen LogP contribution in [0, 0.1) is 0 Å². The summed E-state index contributed by atoms with van der Waals surface area (Å²) in [4.78, 5) is 43.1. The summed E-state index contributed by atoms with van der Waals surface area (Å²) >= 11 is 0. The number of rotatable bonds is 7.